The molecule has 1 fully saturated rings. The van der Waals surface area contributed by atoms with Gasteiger partial charge in [-0.25, -0.2) is 15.0 Å². The van der Waals surface area contributed by atoms with Gasteiger partial charge in [0, 0.05) is 40.3 Å². The average Bonchev–Trinajstić information content (AvgIpc) is 3.68. The molecule has 0 unspecified atom stereocenters. The predicted octanol–water partition coefficient (Wildman–Crippen LogP) is -2.50. The maximum absolute atomic E-state index is 13.7. The number of allylic oxidation sites excluding steroid dienone is 11. The summed E-state index contributed by atoms with van der Waals surface area (Å²) in [5.74, 6) is -5.08. The van der Waals surface area contributed by atoms with Crippen molar-refractivity contribution in [2.75, 3.05) is 0 Å². The third-order valence-electron chi connectivity index (χ3n) is 9.31. The molecule has 220 valence electrons. The zero-order valence-electron chi connectivity index (χ0n) is 26.8. The fourth-order valence-corrected chi connectivity index (χ4v) is 6.92. The van der Waals surface area contributed by atoms with Crippen LogP contribution in [-0.2, 0) is 9.59 Å². The fourth-order valence-electron chi connectivity index (χ4n) is 6.92. The van der Waals surface area contributed by atoms with E-state index in [0.29, 0.717) is 28.4 Å². The topological polar surface area (TPSA) is 150 Å². The van der Waals surface area contributed by atoms with Crippen LogP contribution in [0.3, 0.4) is 0 Å². The number of hydrogen-bond acceptors (Lipinski definition) is 8. The van der Waals surface area contributed by atoms with Gasteiger partial charge in [0.05, 0.1) is 40.1 Å². The Morgan fingerprint density at radius 3 is 2.31 bits per heavy atom. The number of fused-ring (bicyclic) bond motifs is 5. The first-order valence-electron chi connectivity index (χ1n) is 14.5. The first-order valence-corrected chi connectivity index (χ1v) is 14.5. The Hall–Kier alpha value is -2.79. The minimum Gasteiger partial charge on any atom is -0.874 e. The third kappa shape index (κ3) is 5.62. The summed E-state index contributed by atoms with van der Waals surface area (Å²) >= 11 is 0. The number of nitrogens with zero attached hydrogens (tertiary/aromatic N) is 3. The molecule has 6 rings (SSSR count). The van der Waals surface area contributed by atoms with Crippen molar-refractivity contribution in [1.29, 1.82) is 0 Å². The molecule has 0 spiro atoms. The van der Waals surface area contributed by atoms with E-state index < -0.39 is 29.5 Å². The number of carbonyl (C=O) groups is 2. The van der Waals surface area contributed by atoms with Crippen LogP contribution in [0, 0.1) is 17.8 Å². The number of carboxylic acids is 2. The second kappa shape index (κ2) is 13.1. The van der Waals surface area contributed by atoms with Crippen molar-refractivity contribution in [1.82, 2.24) is 5.32 Å². The predicted molar refractivity (Wildman–Crippen MR) is 160 cm³/mol. The molecule has 0 amide bonds. The van der Waals surface area contributed by atoms with Gasteiger partial charge in [-0.1, -0.05) is 26.5 Å². The van der Waals surface area contributed by atoms with Crippen molar-refractivity contribution in [2.24, 2.45) is 32.7 Å². The zero-order valence-corrected chi connectivity index (χ0v) is 30.8. The monoisotopic (exact) mass is 622 g/mol. The van der Waals surface area contributed by atoms with Crippen LogP contribution in [-0.4, -0.2) is 34.2 Å². The summed E-state index contributed by atoms with van der Waals surface area (Å²) in [4.78, 5) is 38.9. The van der Waals surface area contributed by atoms with Crippen LogP contribution in [0.5, 0.6) is 0 Å². The van der Waals surface area contributed by atoms with E-state index in [1.807, 2.05) is 39.0 Å². The largest absolute Gasteiger partial charge is 1.00 e. The van der Waals surface area contributed by atoms with E-state index in [0.717, 1.165) is 51.5 Å². The van der Waals surface area contributed by atoms with Gasteiger partial charge in [-0.2, -0.15) is 0 Å². The van der Waals surface area contributed by atoms with Gasteiger partial charge in [-0.05, 0) is 86.1 Å². The van der Waals surface area contributed by atoms with Crippen LogP contribution in [0.1, 0.15) is 53.9 Å². The second-order valence-corrected chi connectivity index (χ2v) is 11.6. The fraction of sp³-hybridized carbons (Fsp3) is 0.324. The Balaban J connectivity index is 0.00000230. The molecule has 1 saturated heterocycles. The molecule has 0 aromatic rings. The van der Waals surface area contributed by atoms with Crippen molar-refractivity contribution in [3.8, 4) is 0 Å². The van der Waals surface area contributed by atoms with Gasteiger partial charge >= 0.3 is 65.1 Å². The molecular formula is C34H32N4Na2O5. The number of hydrogen-bond donors (Lipinski definition) is 2. The van der Waals surface area contributed by atoms with Gasteiger partial charge in [0.1, 0.15) is 0 Å². The number of carboxylic acid groups (broad SMARTS) is 2. The molecule has 5 heterocycles. The number of aliphatic imine (C=N–C) groups is 3. The van der Waals surface area contributed by atoms with E-state index in [9.17, 15) is 24.9 Å². The summed E-state index contributed by atoms with van der Waals surface area (Å²) in [7, 11) is 0. The number of rotatable bonds is 6. The van der Waals surface area contributed by atoms with Gasteiger partial charge in [0.25, 0.3) is 0 Å². The van der Waals surface area contributed by atoms with Crippen LogP contribution in [0.25, 0.3) is 0 Å². The summed E-state index contributed by atoms with van der Waals surface area (Å²) in [5, 5.41) is 39.0. The summed E-state index contributed by atoms with van der Waals surface area (Å²) in [6.07, 6.45) is 8.23. The molecule has 9 nitrogen and oxygen atoms in total. The van der Waals surface area contributed by atoms with Crippen molar-refractivity contribution in [2.45, 2.75) is 53.9 Å². The molecule has 5 aliphatic heterocycles. The van der Waals surface area contributed by atoms with E-state index in [4.69, 9.17) is 15.0 Å². The molecule has 0 saturated carbocycles. The molecule has 0 radical (unpaired) electrons. The third-order valence-corrected chi connectivity index (χ3v) is 9.31. The van der Waals surface area contributed by atoms with Crippen LogP contribution in [0.15, 0.2) is 119 Å². The number of aliphatic carboxylic acids is 2. The SMILES string of the molecule is C=CC1=C(C)C2=NC1=CC1=NC(=CC3=C(C)C4=C([O-])[C@H](C(=O)O)C(=C5NC(=C2)[C@@H](C)[C@@H]5CCC(=O)[O-])C4=N3)C(CC)=C1C.[Na+].[Na+]. The van der Waals surface area contributed by atoms with E-state index >= 15 is 0 Å². The van der Waals surface area contributed by atoms with Crippen LogP contribution in [0.4, 0.5) is 0 Å². The van der Waals surface area contributed by atoms with Crippen molar-refractivity contribution >= 4 is 29.1 Å². The minimum atomic E-state index is -1.45. The van der Waals surface area contributed by atoms with E-state index in [1.54, 1.807) is 13.0 Å². The summed E-state index contributed by atoms with van der Waals surface area (Å²) in [6.45, 7) is 13.8. The molecule has 2 N–H and O–H groups in total. The van der Waals surface area contributed by atoms with E-state index in [-0.39, 0.29) is 89.0 Å². The van der Waals surface area contributed by atoms with Gasteiger partial charge in [0.2, 0.25) is 0 Å². The molecule has 6 aliphatic rings. The Kier molecular flexibility index (Phi) is 10.2. The number of nitrogens with one attached hydrogen (secondary N) is 1. The first-order chi connectivity index (χ1) is 20.5. The molecular weight excluding hydrogens is 590 g/mol. The smallest absolute Gasteiger partial charge is 0.874 e. The van der Waals surface area contributed by atoms with Crippen LogP contribution < -0.4 is 74.6 Å². The van der Waals surface area contributed by atoms with E-state index in [2.05, 4.69) is 18.8 Å². The molecule has 8 bridgehead atoms. The normalized spacial score (nSPS) is 24.9. The van der Waals surface area contributed by atoms with Crippen LogP contribution >= 0.6 is 0 Å². The molecule has 11 heteroatoms. The standard InChI is InChI=1S/C34H34N4O5.2Na/c1-7-18-14(3)21-11-23-16(5)20(9-10-27(39)40)31(37-23)29-30(34(42)43)33(41)28-17(6)24(38-32(28)29)13-26-19(8-2)15(4)22(36-26)12-25(18)35-21;;/h7,11-13,16,20,30,37,41H,1,8-10H2,2-6H3,(H,39,40)(H,42,43);;/q;2*+1/p-2/t16-,20-,30+;;/m0../s1. The Bertz CT molecular complexity index is 1810. The molecule has 3 atom stereocenters. The summed E-state index contributed by atoms with van der Waals surface area (Å²) in [6, 6.07) is 0. The quantitative estimate of drug-likeness (QED) is 0.313. The Morgan fingerprint density at radius 2 is 1.69 bits per heavy atom. The molecule has 0 aromatic carbocycles. The average molecular weight is 623 g/mol. The molecule has 0 aromatic heterocycles. The van der Waals surface area contributed by atoms with Crippen LogP contribution in [0.2, 0.25) is 0 Å². The van der Waals surface area contributed by atoms with Crippen molar-refractivity contribution < 1.29 is 84.0 Å². The van der Waals surface area contributed by atoms with Gasteiger partial charge in [0.15, 0.2) is 0 Å². The zero-order chi connectivity index (χ0) is 30.9. The van der Waals surface area contributed by atoms with Gasteiger partial charge < -0.3 is 25.4 Å². The number of carbonyl (C=O) groups excluding carboxylic acids is 1. The Labute approximate surface area is 306 Å². The maximum Gasteiger partial charge on any atom is 1.00 e. The Morgan fingerprint density at radius 1 is 1.02 bits per heavy atom. The maximum atomic E-state index is 13.7. The summed E-state index contributed by atoms with van der Waals surface area (Å²) in [5.41, 5.74) is 10.2. The minimum absolute atomic E-state index is 0. The summed E-state index contributed by atoms with van der Waals surface area (Å²) < 4.78 is 0. The molecule has 45 heavy (non-hydrogen) atoms. The first kappa shape index (κ1) is 35.1. The van der Waals surface area contributed by atoms with E-state index in [1.165, 1.54) is 0 Å². The van der Waals surface area contributed by atoms with Crippen molar-refractivity contribution in [3.05, 3.63) is 104 Å². The van der Waals surface area contributed by atoms with Gasteiger partial charge in [-0.15, -0.1) is 5.76 Å². The second-order valence-electron chi connectivity index (χ2n) is 11.6. The van der Waals surface area contributed by atoms with Gasteiger partial charge in [-0.3, -0.25) is 4.79 Å². The molecule has 1 aliphatic carbocycles. The van der Waals surface area contributed by atoms with Crippen molar-refractivity contribution in [3.63, 3.8) is 0 Å².